The summed E-state index contributed by atoms with van der Waals surface area (Å²) in [7, 11) is 1.36. The molecule has 106 valence electrons. The lowest BCUT2D eigenvalue weighted by Gasteiger charge is -2.11. The summed E-state index contributed by atoms with van der Waals surface area (Å²) in [5.74, 6) is -0.531. The van der Waals surface area contributed by atoms with Crippen molar-refractivity contribution >= 4 is 21.6 Å². The second-order valence-corrected chi connectivity index (χ2v) is 6.34. The third-order valence-corrected chi connectivity index (χ3v) is 4.32. The minimum absolute atomic E-state index is 0.0504. The first-order valence-corrected chi connectivity index (χ1v) is 7.30. The number of aromatic nitrogens is 1. The highest BCUT2D eigenvalue weighted by atomic mass is 32.2. The summed E-state index contributed by atoms with van der Waals surface area (Å²) in [6.07, 6.45) is 1.53. The number of sulfonamides is 1. The molecule has 2 N–H and O–H groups in total. The van der Waals surface area contributed by atoms with Gasteiger partial charge in [0.25, 0.3) is 5.91 Å². The Morgan fingerprint density at radius 2 is 2.05 bits per heavy atom. The van der Waals surface area contributed by atoms with Crippen molar-refractivity contribution in [2.24, 2.45) is 0 Å². The van der Waals surface area contributed by atoms with Gasteiger partial charge in [0.15, 0.2) is 0 Å². The van der Waals surface area contributed by atoms with Crippen LogP contribution in [0.25, 0.3) is 0 Å². The molecule has 1 rings (SSSR count). The van der Waals surface area contributed by atoms with Gasteiger partial charge in [-0.15, -0.1) is 0 Å². The van der Waals surface area contributed by atoms with Gasteiger partial charge in [-0.1, -0.05) is 0 Å². The standard InChI is InChI=1S/C11H18N4O3S/c1-12-9-4-5-10(14-8-9)11(16)13-6-7-19(17,18)15(2)3/h4-5,8,12H,6-7H2,1-3H3,(H,13,16). The van der Waals surface area contributed by atoms with Crippen molar-refractivity contribution in [2.75, 3.05) is 38.8 Å². The summed E-state index contributed by atoms with van der Waals surface area (Å²) in [5.41, 5.74) is 1.05. The second-order valence-electron chi connectivity index (χ2n) is 4.04. The van der Waals surface area contributed by atoms with Crippen LogP contribution in [0.15, 0.2) is 18.3 Å². The van der Waals surface area contributed by atoms with Gasteiger partial charge in [0, 0.05) is 27.7 Å². The minimum atomic E-state index is -3.30. The average Bonchev–Trinajstić information content (AvgIpc) is 2.38. The number of amides is 1. The Morgan fingerprint density at radius 3 is 2.53 bits per heavy atom. The Morgan fingerprint density at radius 1 is 1.37 bits per heavy atom. The average molecular weight is 286 g/mol. The normalized spacial score (nSPS) is 11.4. The number of nitrogens with one attached hydrogen (secondary N) is 2. The van der Waals surface area contributed by atoms with E-state index in [2.05, 4.69) is 15.6 Å². The number of nitrogens with zero attached hydrogens (tertiary/aromatic N) is 2. The van der Waals surface area contributed by atoms with E-state index in [1.165, 1.54) is 20.3 Å². The van der Waals surface area contributed by atoms with Crippen LogP contribution in [0.2, 0.25) is 0 Å². The van der Waals surface area contributed by atoms with Gasteiger partial charge in [0.2, 0.25) is 10.0 Å². The van der Waals surface area contributed by atoms with E-state index in [-0.39, 0.29) is 18.0 Å². The van der Waals surface area contributed by atoms with Crippen LogP contribution in [0, 0.1) is 0 Å². The monoisotopic (exact) mass is 286 g/mol. The van der Waals surface area contributed by atoms with E-state index in [0.29, 0.717) is 0 Å². The van der Waals surface area contributed by atoms with Gasteiger partial charge in [0.1, 0.15) is 5.69 Å². The predicted octanol–water partition coefficient (Wildman–Crippen LogP) is -0.255. The number of rotatable bonds is 6. The van der Waals surface area contributed by atoms with Crippen LogP contribution < -0.4 is 10.6 Å². The van der Waals surface area contributed by atoms with Gasteiger partial charge in [0.05, 0.1) is 17.6 Å². The quantitative estimate of drug-likeness (QED) is 0.752. The van der Waals surface area contributed by atoms with Crippen molar-refractivity contribution in [2.45, 2.75) is 0 Å². The Balaban J connectivity index is 2.52. The number of carbonyl (C=O) groups is 1. The number of carbonyl (C=O) groups excluding carboxylic acids is 1. The highest BCUT2D eigenvalue weighted by molar-refractivity contribution is 7.89. The molecule has 1 aromatic rings. The molecule has 19 heavy (non-hydrogen) atoms. The van der Waals surface area contributed by atoms with Gasteiger partial charge in [-0.05, 0) is 12.1 Å². The fraction of sp³-hybridized carbons (Fsp3) is 0.455. The molecule has 0 radical (unpaired) electrons. The summed E-state index contributed by atoms with van der Waals surface area (Å²) in [6, 6.07) is 3.29. The zero-order valence-corrected chi connectivity index (χ0v) is 12.0. The van der Waals surface area contributed by atoms with E-state index in [1.807, 2.05) is 0 Å². The number of pyridine rings is 1. The van der Waals surface area contributed by atoms with E-state index in [9.17, 15) is 13.2 Å². The van der Waals surface area contributed by atoms with E-state index in [1.54, 1.807) is 19.2 Å². The van der Waals surface area contributed by atoms with Crippen LogP contribution in [-0.2, 0) is 10.0 Å². The molecule has 0 spiro atoms. The molecule has 8 heteroatoms. The molecule has 0 bridgehead atoms. The first kappa shape index (κ1) is 15.4. The van der Waals surface area contributed by atoms with Crippen LogP contribution in [0.5, 0.6) is 0 Å². The van der Waals surface area contributed by atoms with E-state index in [0.717, 1.165) is 9.99 Å². The fourth-order valence-electron chi connectivity index (χ4n) is 1.24. The van der Waals surface area contributed by atoms with Gasteiger partial charge in [-0.2, -0.15) is 0 Å². The van der Waals surface area contributed by atoms with Crippen molar-refractivity contribution in [3.63, 3.8) is 0 Å². The first-order chi connectivity index (χ1) is 8.86. The van der Waals surface area contributed by atoms with Crippen LogP contribution >= 0.6 is 0 Å². The molecule has 7 nitrogen and oxygen atoms in total. The topological polar surface area (TPSA) is 91.4 Å². The number of hydrogen-bond acceptors (Lipinski definition) is 5. The molecule has 1 amide bonds. The highest BCUT2D eigenvalue weighted by Gasteiger charge is 2.14. The van der Waals surface area contributed by atoms with Crippen molar-refractivity contribution in [3.05, 3.63) is 24.0 Å². The third-order valence-electron chi connectivity index (χ3n) is 2.49. The number of anilines is 1. The summed E-state index contributed by atoms with van der Waals surface area (Å²) in [5, 5.41) is 5.41. The second kappa shape index (κ2) is 6.48. The highest BCUT2D eigenvalue weighted by Crippen LogP contribution is 2.04. The smallest absolute Gasteiger partial charge is 0.269 e. The van der Waals surface area contributed by atoms with Crippen LogP contribution in [0.3, 0.4) is 0 Å². The lowest BCUT2D eigenvalue weighted by molar-refractivity contribution is 0.0951. The fourth-order valence-corrected chi connectivity index (χ4v) is 1.97. The largest absolute Gasteiger partial charge is 0.387 e. The van der Waals surface area contributed by atoms with Crippen LogP contribution in [0.4, 0.5) is 5.69 Å². The molecule has 0 saturated carbocycles. The zero-order chi connectivity index (χ0) is 14.5. The van der Waals surface area contributed by atoms with E-state index in [4.69, 9.17) is 0 Å². The lowest BCUT2D eigenvalue weighted by Crippen LogP contribution is -2.34. The van der Waals surface area contributed by atoms with Crippen molar-refractivity contribution < 1.29 is 13.2 Å². The maximum Gasteiger partial charge on any atom is 0.269 e. The summed E-state index contributed by atoms with van der Waals surface area (Å²) >= 11 is 0. The summed E-state index contributed by atoms with van der Waals surface area (Å²) in [6.45, 7) is 0.0504. The molecule has 0 unspecified atom stereocenters. The molecule has 1 aromatic heterocycles. The van der Waals surface area contributed by atoms with E-state index < -0.39 is 15.9 Å². The Labute approximate surface area is 113 Å². The van der Waals surface area contributed by atoms with Crippen molar-refractivity contribution in [3.8, 4) is 0 Å². The molecular formula is C11H18N4O3S. The number of hydrogen-bond donors (Lipinski definition) is 2. The van der Waals surface area contributed by atoms with Gasteiger partial charge in [-0.3, -0.25) is 4.79 Å². The maximum absolute atomic E-state index is 11.7. The predicted molar refractivity (Wildman–Crippen MR) is 73.6 cm³/mol. The molecule has 0 fully saturated rings. The minimum Gasteiger partial charge on any atom is -0.387 e. The Kier molecular flexibility index (Phi) is 5.25. The Hall–Kier alpha value is -1.67. The van der Waals surface area contributed by atoms with Gasteiger partial charge < -0.3 is 10.6 Å². The summed E-state index contributed by atoms with van der Waals surface area (Å²) < 4.78 is 24.1. The summed E-state index contributed by atoms with van der Waals surface area (Å²) in [4.78, 5) is 15.7. The first-order valence-electron chi connectivity index (χ1n) is 5.69. The maximum atomic E-state index is 11.7. The molecule has 0 saturated heterocycles. The SMILES string of the molecule is CNc1ccc(C(=O)NCCS(=O)(=O)N(C)C)nc1. The molecular weight excluding hydrogens is 268 g/mol. The lowest BCUT2D eigenvalue weighted by atomic mass is 10.3. The van der Waals surface area contributed by atoms with Gasteiger partial charge in [-0.25, -0.2) is 17.7 Å². The molecule has 0 aliphatic carbocycles. The molecule has 0 aliphatic rings. The molecule has 1 heterocycles. The zero-order valence-electron chi connectivity index (χ0n) is 11.2. The Bertz CT molecular complexity index is 525. The van der Waals surface area contributed by atoms with Crippen LogP contribution in [-0.4, -0.2) is 57.1 Å². The third kappa shape index (κ3) is 4.49. The van der Waals surface area contributed by atoms with E-state index >= 15 is 0 Å². The van der Waals surface area contributed by atoms with Crippen molar-refractivity contribution in [1.29, 1.82) is 0 Å². The molecule has 0 aromatic carbocycles. The molecule has 0 aliphatic heterocycles. The van der Waals surface area contributed by atoms with Crippen molar-refractivity contribution in [1.82, 2.24) is 14.6 Å². The van der Waals surface area contributed by atoms with Crippen LogP contribution in [0.1, 0.15) is 10.5 Å². The van der Waals surface area contributed by atoms with Gasteiger partial charge >= 0.3 is 0 Å². The molecule has 0 atom stereocenters.